The molecule has 0 bridgehead atoms. The zero-order valence-electron chi connectivity index (χ0n) is 16.0. The van der Waals surface area contributed by atoms with Gasteiger partial charge in [-0.3, -0.25) is 0 Å². The highest BCUT2D eigenvalue weighted by Crippen LogP contribution is 2.26. The maximum absolute atomic E-state index is 12.1. The summed E-state index contributed by atoms with van der Waals surface area (Å²) in [7, 11) is -0.439. The third kappa shape index (κ3) is 6.18. The lowest BCUT2D eigenvalue weighted by Crippen LogP contribution is -2.39. The molecule has 0 spiro atoms. The lowest BCUT2D eigenvalue weighted by Gasteiger charge is -2.14. The van der Waals surface area contributed by atoms with Gasteiger partial charge in [0.2, 0.25) is 10.0 Å². The minimum absolute atomic E-state index is 0.244. The molecule has 0 saturated heterocycles. The lowest BCUT2D eigenvalue weighted by atomic mass is 10.2. The molecule has 1 atom stereocenters. The summed E-state index contributed by atoms with van der Waals surface area (Å²) in [5.41, 5.74) is 0.875. The van der Waals surface area contributed by atoms with Crippen LogP contribution in [0.5, 0.6) is 0 Å². The van der Waals surface area contributed by atoms with Gasteiger partial charge >= 0.3 is 0 Å². The van der Waals surface area contributed by atoms with Crippen molar-refractivity contribution in [3.8, 4) is 0 Å². The summed E-state index contributed by atoms with van der Waals surface area (Å²) in [5, 5.41) is 16.5. The standard InChI is InChI=1S/C18H25ClN4O3S2/c1-4-20-18(22-12-15(24)16-9-10-17(19)27-16)21-11-13-5-7-14(8-6-13)28(25,26)23(2)3/h5-10,15,24H,4,11-12H2,1-3H3,(H2,20,21,22). The number of hydrogen-bond acceptors (Lipinski definition) is 5. The largest absolute Gasteiger partial charge is 0.386 e. The fourth-order valence-electron chi connectivity index (χ4n) is 2.29. The molecule has 0 saturated carbocycles. The quantitative estimate of drug-likeness (QED) is 0.429. The van der Waals surface area contributed by atoms with Gasteiger partial charge in [0.15, 0.2) is 5.96 Å². The Bertz CT molecular complexity index is 896. The zero-order chi connectivity index (χ0) is 20.7. The molecule has 2 rings (SSSR count). The molecule has 1 aromatic heterocycles. The number of benzene rings is 1. The van der Waals surface area contributed by atoms with Gasteiger partial charge in [-0.05, 0) is 36.8 Å². The van der Waals surface area contributed by atoms with Crippen LogP contribution in [0.25, 0.3) is 0 Å². The van der Waals surface area contributed by atoms with Crippen LogP contribution in [-0.2, 0) is 16.6 Å². The Morgan fingerprint density at radius 1 is 1.21 bits per heavy atom. The van der Waals surface area contributed by atoms with Crippen molar-refractivity contribution in [2.75, 3.05) is 27.2 Å². The number of nitrogens with one attached hydrogen (secondary N) is 2. The number of hydrogen-bond donors (Lipinski definition) is 3. The molecule has 0 aliphatic heterocycles. The van der Waals surface area contributed by atoms with Gasteiger partial charge in [-0.1, -0.05) is 23.7 Å². The summed E-state index contributed by atoms with van der Waals surface area (Å²) in [4.78, 5) is 5.51. The van der Waals surface area contributed by atoms with Crippen LogP contribution in [0, 0.1) is 0 Å². The second-order valence-electron chi connectivity index (χ2n) is 6.17. The fourth-order valence-corrected chi connectivity index (χ4v) is 4.24. The van der Waals surface area contributed by atoms with Gasteiger partial charge in [-0.25, -0.2) is 17.7 Å². The first-order valence-corrected chi connectivity index (χ1v) is 11.3. The highest BCUT2D eigenvalue weighted by Gasteiger charge is 2.16. The van der Waals surface area contributed by atoms with Gasteiger partial charge in [0.1, 0.15) is 6.10 Å². The van der Waals surface area contributed by atoms with Gasteiger partial charge in [-0.15, -0.1) is 11.3 Å². The summed E-state index contributed by atoms with van der Waals surface area (Å²) >= 11 is 7.24. The third-order valence-corrected chi connectivity index (χ3v) is 7.01. The molecule has 0 amide bonds. The van der Waals surface area contributed by atoms with E-state index in [4.69, 9.17) is 11.6 Å². The van der Waals surface area contributed by atoms with Crippen molar-refractivity contribution in [2.24, 2.45) is 4.99 Å². The number of aliphatic hydroxyl groups excluding tert-OH is 1. The average molecular weight is 445 g/mol. The van der Waals surface area contributed by atoms with E-state index in [0.717, 1.165) is 10.4 Å². The number of halogens is 1. The number of thiophene rings is 1. The third-order valence-electron chi connectivity index (χ3n) is 3.85. The van der Waals surface area contributed by atoms with Crippen LogP contribution in [0.4, 0.5) is 0 Å². The lowest BCUT2D eigenvalue weighted by molar-refractivity contribution is 0.184. The normalized spacial score (nSPS) is 13.6. The second-order valence-corrected chi connectivity index (χ2v) is 10.1. The first kappa shape index (κ1) is 22.6. The molecule has 0 radical (unpaired) electrons. The summed E-state index contributed by atoms with van der Waals surface area (Å²) < 4.78 is 26.0. The Kier molecular flexibility index (Phi) is 8.26. The van der Waals surface area contributed by atoms with E-state index in [1.165, 1.54) is 29.7 Å². The van der Waals surface area contributed by atoms with Crippen LogP contribution in [0.2, 0.25) is 4.34 Å². The average Bonchev–Trinajstić information content (AvgIpc) is 3.10. The molecule has 0 aliphatic rings. The number of aliphatic hydroxyl groups is 1. The van der Waals surface area contributed by atoms with Crippen molar-refractivity contribution in [3.05, 3.63) is 51.2 Å². The van der Waals surface area contributed by atoms with Crippen LogP contribution in [0.3, 0.4) is 0 Å². The second kappa shape index (κ2) is 10.2. The number of sulfonamides is 1. The Morgan fingerprint density at radius 3 is 2.43 bits per heavy atom. The molecule has 154 valence electrons. The molecular formula is C18H25ClN4O3S2. The Hall–Kier alpha value is -1.65. The summed E-state index contributed by atoms with van der Waals surface area (Å²) in [6.07, 6.45) is -0.683. The van der Waals surface area contributed by atoms with E-state index in [1.807, 2.05) is 6.92 Å². The number of rotatable bonds is 8. The van der Waals surface area contributed by atoms with E-state index in [2.05, 4.69) is 15.6 Å². The first-order chi connectivity index (χ1) is 13.2. The number of guanidine groups is 1. The van der Waals surface area contributed by atoms with Crippen LogP contribution >= 0.6 is 22.9 Å². The molecule has 28 heavy (non-hydrogen) atoms. The minimum atomic E-state index is -3.44. The molecule has 10 heteroatoms. The van der Waals surface area contributed by atoms with Gasteiger partial charge in [0.25, 0.3) is 0 Å². The van der Waals surface area contributed by atoms with Crippen molar-refractivity contribution in [1.82, 2.24) is 14.9 Å². The van der Waals surface area contributed by atoms with Gasteiger partial charge in [0, 0.05) is 32.1 Å². The predicted molar refractivity (Wildman–Crippen MR) is 114 cm³/mol. The van der Waals surface area contributed by atoms with E-state index >= 15 is 0 Å². The zero-order valence-corrected chi connectivity index (χ0v) is 18.4. The van der Waals surface area contributed by atoms with E-state index < -0.39 is 16.1 Å². The van der Waals surface area contributed by atoms with Crippen LogP contribution in [0.15, 0.2) is 46.3 Å². The van der Waals surface area contributed by atoms with Crippen LogP contribution in [-0.4, -0.2) is 51.0 Å². The van der Waals surface area contributed by atoms with E-state index in [9.17, 15) is 13.5 Å². The SMILES string of the molecule is CCNC(=NCc1ccc(S(=O)(=O)N(C)C)cc1)NCC(O)c1ccc(Cl)s1. The van der Waals surface area contributed by atoms with E-state index in [0.29, 0.717) is 29.9 Å². The molecule has 7 nitrogen and oxygen atoms in total. The molecule has 1 heterocycles. The van der Waals surface area contributed by atoms with Gasteiger partial charge in [0.05, 0.1) is 15.8 Å². The summed E-state index contributed by atoms with van der Waals surface area (Å²) in [5.74, 6) is 0.564. The smallest absolute Gasteiger partial charge is 0.242 e. The highest BCUT2D eigenvalue weighted by molar-refractivity contribution is 7.89. The van der Waals surface area contributed by atoms with E-state index in [1.54, 1.807) is 36.4 Å². The first-order valence-electron chi connectivity index (χ1n) is 8.71. The van der Waals surface area contributed by atoms with Crippen molar-refractivity contribution < 1.29 is 13.5 Å². The molecule has 0 aliphatic carbocycles. The molecule has 1 aromatic carbocycles. The van der Waals surface area contributed by atoms with Crippen molar-refractivity contribution in [1.29, 1.82) is 0 Å². The van der Waals surface area contributed by atoms with E-state index in [-0.39, 0.29) is 4.90 Å². The summed E-state index contributed by atoms with van der Waals surface area (Å²) in [6.45, 7) is 3.29. The molecule has 0 fully saturated rings. The predicted octanol–water partition coefficient (Wildman–Crippen LogP) is 2.44. The number of aliphatic imine (C=N–C) groups is 1. The van der Waals surface area contributed by atoms with Crippen LogP contribution < -0.4 is 10.6 Å². The molecular weight excluding hydrogens is 420 g/mol. The molecule has 2 aromatic rings. The molecule has 3 N–H and O–H groups in total. The monoisotopic (exact) mass is 444 g/mol. The van der Waals surface area contributed by atoms with Gasteiger partial charge in [-0.2, -0.15) is 0 Å². The summed E-state index contributed by atoms with van der Waals surface area (Å²) in [6, 6.07) is 10.2. The minimum Gasteiger partial charge on any atom is -0.386 e. The Labute approximate surface area is 175 Å². The number of nitrogens with zero attached hydrogens (tertiary/aromatic N) is 2. The van der Waals surface area contributed by atoms with Crippen molar-refractivity contribution >= 4 is 38.9 Å². The maximum atomic E-state index is 12.1. The molecule has 1 unspecified atom stereocenters. The van der Waals surface area contributed by atoms with Gasteiger partial charge < -0.3 is 15.7 Å². The van der Waals surface area contributed by atoms with Crippen LogP contribution in [0.1, 0.15) is 23.5 Å². The topological polar surface area (TPSA) is 94.0 Å². The van der Waals surface area contributed by atoms with Crippen molar-refractivity contribution in [2.45, 2.75) is 24.5 Å². The Morgan fingerprint density at radius 2 is 1.89 bits per heavy atom. The maximum Gasteiger partial charge on any atom is 0.242 e. The highest BCUT2D eigenvalue weighted by atomic mass is 35.5. The Balaban J connectivity index is 2.00. The fraction of sp³-hybridized carbons (Fsp3) is 0.389. The van der Waals surface area contributed by atoms with Crippen molar-refractivity contribution in [3.63, 3.8) is 0 Å².